The molecular formula is C11H16N2OS2. The topological polar surface area (TPSA) is 32.3 Å². The highest BCUT2D eigenvalue weighted by Gasteiger charge is 2.20. The van der Waals surface area contributed by atoms with E-state index in [-0.39, 0.29) is 5.91 Å². The van der Waals surface area contributed by atoms with Crippen molar-refractivity contribution in [2.75, 3.05) is 26.7 Å². The number of carbonyl (C=O) groups excluding carboxylic acids is 1. The van der Waals surface area contributed by atoms with Gasteiger partial charge in [-0.3, -0.25) is 4.79 Å². The van der Waals surface area contributed by atoms with Crippen LogP contribution in [0.1, 0.15) is 16.1 Å². The zero-order valence-corrected chi connectivity index (χ0v) is 11.0. The summed E-state index contributed by atoms with van der Waals surface area (Å²) in [6, 6.07) is 1.81. The van der Waals surface area contributed by atoms with Gasteiger partial charge in [0.15, 0.2) is 0 Å². The monoisotopic (exact) mass is 256 g/mol. The third-order valence-corrected chi connectivity index (χ3v) is 4.21. The molecule has 88 valence electrons. The maximum absolute atomic E-state index is 11.7. The van der Waals surface area contributed by atoms with Crippen molar-refractivity contribution in [1.82, 2.24) is 10.2 Å². The number of rotatable bonds is 3. The van der Waals surface area contributed by atoms with E-state index in [1.807, 2.05) is 11.4 Å². The van der Waals surface area contributed by atoms with Crippen LogP contribution in [0.5, 0.6) is 0 Å². The molecule has 1 saturated heterocycles. The van der Waals surface area contributed by atoms with E-state index in [4.69, 9.17) is 0 Å². The van der Waals surface area contributed by atoms with Crippen LogP contribution in [0, 0.1) is 5.92 Å². The summed E-state index contributed by atoms with van der Waals surface area (Å²) in [7, 11) is 2.12. The first-order valence-corrected chi connectivity index (χ1v) is 6.72. The van der Waals surface area contributed by atoms with E-state index in [9.17, 15) is 4.79 Å². The summed E-state index contributed by atoms with van der Waals surface area (Å²) in [5.74, 6) is 0.629. The van der Waals surface area contributed by atoms with Gasteiger partial charge in [-0.1, -0.05) is 0 Å². The van der Waals surface area contributed by atoms with Crippen molar-refractivity contribution in [1.29, 1.82) is 0 Å². The second-order valence-corrected chi connectivity index (χ2v) is 5.72. The number of nitrogens with one attached hydrogen (secondary N) is 1. The molecular weight excluding hydrogens is 240 g/mol. The molecule has 1 aliphatic rings. The minimum atomic E-state index is 0.0276. The highest BCUT2D eigenvalue weighted by atomic mass is 32.1. The van der Waals surface area contributed by atoms with Crippen LogP contribution in [0.2, 0.25) is 0 Å². The van der Waals surface area contributed by atoms with Crippen molar-refractivity contribution in [2.45, 2.75) is 11.3 Å². The molecule has 2 rings (SSSR count). The third kappa shape index (κ3) is 2.99. The zero-order valence-electron chi connectivity index (χ0n) is 9.27. The molecule has 1 fully saturated rings. The second-order valence-electron chi connectivity index (χ2n) is 4.30. The molecule has 1 N–H and O–H groups in total. The summed E-state index contributed by atoms with van der Waals surface area (Å²) >= 11 is 5.63. The molecule has 1 amide bonds. The number of likely N-dealkylation sites (tertiary alicyclic amines) is 1. The van der Waals surface area contributed by atoms with Crippen LogP contribution in [0.15, 0.2) is 16.3 Å². The van der Waals surface area contributed by atoms with Gasteiger partial charge in [-0.05, 0) is 32.0 Å². The van der Waals surface area contributed by atoms with Crippen LogP contribution in [-0.4, -0.2) is 37.5 Å². The normalized spacial score (nSPS) is 21.2. The number of thiophene rings is 1. The molecule has 1 atom stereocenters. The van der Waals surface area contributed by atoms with Gasteiger partial charge in [0.2, 0.25) is 0 Å². The number of carbonyl (C=O) groups is 1. The molecule has 2 heterocycles. The Kier molecular flexibility index (Phi) is 3.89. The van der Waals surface area contributed by atoms with Gasteiger partial charge in [-0.2, -0.15) is 0 Å². The summed E-state index contributed by atoms with van der Waals surface area (Å²) in [6.07, 6.45) is 1.18. The SMILES string of the molecule is CN1CCC(CNC(=O)c2cc(S)cs2)C1. The predicted molar refractivity (Wildman–Crippen MR) is 69.5 cm³/mol. The van der Waals surface area contributed by atoms with Crippen molar-refractivity contribution in [2.24, 2.45) is 5.92 Å². The Labute approximate surface area is 105 Å². The first kappa shape index (κ1) is 12.0. The molecule has 5 heteroatoms. The van der Waals surface area contributed by atoms with E-state index in [0.29, 0.717) is 5.92 Å². The second kappa shape index (κ2) is 5.21. The van der Waals surface area contributed by atoms with Gasteiger partial charge in [-0.15, -0.1) is 24.0 Å². The van der Waals surface area contributed by atoms with Crippen molar-refractivity contribution in [3.05, 3.63) is 16.3 Å². The average Bonchev–Trinajstić information content (AvgIpc) is 2.84. The third-order valence-electron chi connectivity index (χ3n) is 2.85. The smallest absolute Gasteiger partial charge is 0.261 e. The van der Waals surface area contributed by atoms with E-state index >= 15 is 0 Å². The average molecular weight is 256 g/mol. The quantitative estimate of drug-likeness (QED) is 0.807. The molecule has 0 aliphatic carbocycles. The Bertz CT molecular complexity index is 378. The minimum Gasteiger partial charge on any atom is -0.351 e. The molecule has 0 aromatic carbocycles. The Hall–Kier alpha value is -0.520. The van der Waals surface area contributed by atoms with E-state index in [0.717, 1.165) is 29.4 Å². The van der Waals surface area contributed by atoms with Gasteiger partial charge in [-0.25, -0.2) is 0 Å². The van der Waals surface area contributed by atoms with Gasteiger partial charge in [0, 0.05) is 23.4 Å². The van der Waals surface area contributed by atoms with Crippen molar-refractivity contribution in [3.8, 4) is 0 Å². The van der Waals surface area contributed by atoms with E-state index in [1.165, 1.54) is 17.8 Å². The first-order chi connectivity index (χ1) is 7.65. The van der Waals surface area contributed by atoms with Gasteiger partial charge >= 0.3 is 0 Å². The highest BCUT2D eigenvalue weighted by molar-refractivity contribution is 7.80. The zero-order chi connectivity index (χ0) is 11.5. The molecule has 0 saturated carbocycles. The largest absolute Gasteiger partial charge is 0.351 e. The summed E-state index contributed by atoms with van der Waals surface area (Å²) in [5.41, 5.74) is 0. The Balaban J connectivity index is 1.80. The summed E-state index contributed by atoms with van der Waals surface area (Å²) in [5, 5.41) is 4.86. The van der Waals surface area contributed by atoms with Crippen LogP contribution in [-0.2, 0) is 0 Å². The number of hydrogen-bond donors (Lipinski definition) is 2. The summed E-state index contributed by atoms with van der Waals surface area (Å²) in [6.45, 7) is 3.01. The fourth-order valence-electron chi connectivity index (χ4n) is 1.96. The first-order valence-electron chi connectivity index (χ1n) is 5.39. The molecule has 0 radical (unpaired) electrons. The van der Waals surface area contributed by atoms with E-state index in [2.05, 4.69) is 29.9 Å². The number of amides is 1. The van der Waals surface area contributed by atoms with Crippen molar-refractivity contribution >= 4 is 29.9 Å². The van der Waals surface area contributed by atoms with Gasteiger partial charge in [0.1, 0.15) is 0 Å². The fraction of sp³-hybridized carbons (Fsp3) is 0.545. The molecule has 1 aromatic rings. The molecule has 3 nitrogen and oxygen atoms in total. The predicted octanol–water partition coefficient (Wildman–Crippen LogP) is 1.72. The van der Waals surface area contributed by atoms with Crippen LogP contribution in [0.4, 0.5) is 0 Å². The highest BCUT2D eigenvalue weighted by Crippen LogP contribution is 2.18. The van der Waals surface area contributed by atoms with Crippen LogP contribution < -0.4 is 5.32 Å². The number of thiol groups is 1. The van der Waals surface area contributed by atoms with Crippen LogP contribution in [0.3, 0.4) is 0 Å². The van der Waals surface area contributed by atoms with Crippen molar-refractivity contribution in [3.63, 3.8) is 0 Å². The number of hydrogen-bond acceptors (Lipinski definition) is 4. The molecule has 0 bridgehead atoms. The maximum atomic E-state index is 11.7. The lowest BCUT2D eigenvalue weighted by molar-refractivity contribution is 0.0951. The molecule has 1 aliphatic heterocycles. The fourth-order valence-corrected chi connectivity index (χ4v) is 3.03. The molecule has 1 unspecified atom stereocenters. The lowest BCUT2D eigenvalue weighted by atomic mass is 10.1. The van der Waals surface area contributed by atoms with Gasteiger partial charge in [0.05, 0.1) is 4.88 Å². The maximum Gasteiger partial charge on any atom is 0.261 e. The molecule has 1 aromatic heterocycles. The van der Waals surface area contributed by atoms with Crippen LogP contribution in [0.25, 0.3) is 0 Å². The lowest BCUT2D eigenvalue weighted by Crippen LogP contribution is -2.29. The minimum absolute atomic E-state index is 0.0276. The van der Waals surface area contributed by atoms with E-state index < -0.39 is 0 Å². The summed E-state index contributed by atoms with van der Waals surface area (Å²) in [4.78, 5) is 15.7. The Morgan fingerprint density at radius 3 is 3.12 bits per heavy atom. The van der Waals surface area contributed by atoms with Crippen LogP contribution >= 0.6 is 24.0 Å². The Morgan fingerprint density at radius 2 is 2.56 bits per heavy atom. The van der Waals surface area contributed by atoms with Crippen molar-refractivity contribution < 1.29 is 4.79 Å². The van der Waals surface area contributed by atoms with Gasteiger partial charge < -0.3 is 10.2 Å². The number of nitrogens with zero attached hydrogens (tertiary/aromatic N) is 1. The molecule has 16 heavy (non-hydrogen) atoms. The summed E-state index contributed by atoms with van der Waals surface area (Å²) < 4.78 is 0. The lowest BCUT2D eigenvalue weighted by Gasteiger charge is -2.10. The van der Waals surface area contributed by atoms with E-state index in [1.54, 1.807) is 0 Å². The van der Waals surface area contributed by atoms with Gasteiger partial charge in [0.25, 0.3) is 5.91 Å². The standard InChI is InChI=1S/C11H16N2OS2/c1-13-3-2-8(6-13)5-12-11(14)10-4-9(15)7-16-10/h4,7-8,15H,2-3,5-6H2,1H3,(H,12,14). The Morgan fingerprint density at radius 1 is 1.75 bits per heavy atom. The molecule has 0 spiro atoms.